The number of aliphatic hydroxyl groups excluding tert-OH is 2. The van der Waals surface area contributed by atoms with Crippen LogP contribution in [0.1, 0.15) is 28.4 Å². The minimum Gasteiger partial charge on any atom is -0.493 e. The maximum Gasteiger partial charge on any atom is 0.161 e. The molecule has 2 N–H and O–H groups in total. The number of carbonyl (C=O) groups is 1. The first-order valence-electron chi connectivity index (χ1n) is 5.77. The minimum atomic E-state index is -1.17. The zero-order valence-electron chi connectivity index (χ0n) is 10.9. The van der Waals surface area contributed by atoms with Crippen LogP contribution >= 0.6 is 12.6 Å². The van der Waals surface area contributed by atoms with Gasteiger partial charge in [0.15, 0.2) is 17.8 Å². The van der Waals surface area contributed by atoms with Gasteiger partial charge < -0.3 is 19.7 Å². The molecular formula is C13H18O5S. The van der Waals surface area contributed by atoms with Crippen molar-refractivity contribution in [2.75, 3.05) is 20.0 Å². The summed E-state index contributed by atoms with van der Waals surface area (Å²) < 4.78 is 10.2. The molecule has 0 radical (unpaired) electrons. The Morgan fingerprint density at radius 3 is 2.32 bits per heavy atom. The molecule has 0 aliphatic heterocycles. The fourth-order valence-corrected chi connectivity index (χ4v) is 2.03. The molecule has 19 heavy (non-hydrogen) atoms. The molecule has 0 aliphatic carbocycles. The van der Waals surface area contributed by atoms with Gasteiger partial charge >= 0.3 is 0 Å². The Labute approximate surface area is 117 Å². The van der Waals surface area contributed by atoms with Crippen LogP contribution in [0.4, 0.5) is 0 Å². The van der Waals surface area contributed by atoms with E-state index in [0.717, 1.165) is 0 Å². The van der Waals surface area contributed by atoms with E-state index >= 15 is 0 Å². The third-order valence-electron chi connectivity index (χ3n) is 2.82. The number of rotatable bonds is 7. The molecule has 0 amide bonds. The van der Waals surface area contributed by atoms with Crippen LogP contribution in [0, 0.1) is 0 Å². The van der Waals surface area contributed by atoms with Crippen molar-refractivity contribution < 1.29 is 24.5 Å². The second-order valence-electron chi connectivity index (χ2n) is 3.98. The Hall–Kier alpha value is -1.24. The molecule has 1 aromatic carbocycles. The van der Waals surface area contributed by atoms with Crippen LogP contribution in [0.15, 0.2) is 12.1 Å². The van der Waals surface area contributed by atoms with E-state index in [-0.39, 0.29) is 5.56 Å². The highest BCUT2D eigenvalue weighted by Gasteiger charge is 2.22. The first-order chi connectivity index (χ1) is 9.08. The van der Waals surface area contributed by atoms with E-state index < -0.39 is 12.2 Å². The maximum absolute atomic E-state index is 11.1. The third-order valence-corrected chi connectivity index (χ3v) is 3.08. The van der Waals surface area contributed by atoms with Gasteiger partial charge in [0, 0.05) is 5.56 Å². The van der Waals surface area contributed by atoms with Gasteiger partial charge in [-0.25, -0.2) is 0 Å². The Morgan fingerprint density at radius 2 is 1.84 bits per heavy atom. The Kier molecular flexibility index (Phi) is 6.14. The summed E-state index contributed by atoms with van der Waals surface area (Å²) in [6.45, 7) is 0. The normalized spacial score (nSPS) is 13.7. The predicted molar refractivity (Wildman–Crippen MR) is 74.4 cm³/mol. The minimum absolute atomic E-state index is 0.253. The lowest BCUT2D eigenvalue weighted by Gasteiger charge is -2.20. The first kappa shape index (κ1) is 15.8. The summed E-state index contributed by atoms with van der Waals surface area (Å²) in [4.78, 5) is 11.1. The molecule has 0 bridgehead atoms. The van der Waals surface area contributed by atoms with E-state index in [1.165, 1.54) is 26.4 Å². The van der Waals surface area contributed by atoms with Gasteiger partial charge in [0.25, 0.3) is 0 Å². The summed E-state index contributed by atoms with van der Waals surface area (Å²) in [7, 11) is 2.91. The average Bonchev–Trinajstić information content (AvgIpc) is 2.45. The molecule has 1 aromatic rings. The zero-order valence-corrected chi connectivity index (χ0v) is 11.8. The number of aldehydes is 1. The Balaban J connectivity index is 3.21. The highest BCUT2D eigenvalue weighted by atomic mass is 32.1. The van der Waals surface area contributed by atoms with Crippen molar-refractivity contribution in [3.8, 4) is 11.5 Å². The number of ether oxygens (including phenoxy) is 2. The van der Waals surface area contributed by atoms with Gasteiger partial charge in [0.1, 0.15) is 6.10 Å². The number of methoxy groups -OCH3 is 2. The van der Waals surface area contributed by atoms with E-state index in [1.807, 2.05) is 0 Å². The Morgan fingerprint density at radius 1 is 1.26 bits per heavy atom. The number of hydrogen-bond donors (Lipinski definition) is 3. The van der Waals surface area contributed by atoms with Crippen LogP contribution in [-0.4, -0.2) is 42.6 Å². The quantitative estimate of drug-likeness (QED) is 0.519. The lowest BCUT2D eigenvalue weighted by molar-refractivity contribution is 0.0167. The van der Waals surface area contributed by atoms with E-state index in [2.05, 4.69) is 12.6 Å². The Bertz CT molecular complexity index is 435. The largest absolute Gasteiger partial charge is 0.493 e. The molecule has 0 saturated heterocycles. The van der Waals surface area contributed by atoms with Crippen LogP contribution in [0.5, 0.6) is 11.5 Å². The molecule has 106 valence electrons. The summed E-state index contributed by atoms with van der Waals surface area (Å²) in [5.74, 6) is 1.21. The molecule has 1 rings (SSSR count). The van der Waals surface area contributed by atoms with Crippen molar-refractivity contribution in [2.24, 2.45) is 0 Å². The molecular weight excluding hydrogens is 268 g/mol. The van der Waals surface area contributed by atoms with Crippen molar-refractivity contribution >= 4 is 18.9 Å². The van der Waals surface area contributed by atoms with Crippen LogP contribution in [0.3, 0.4) is 0 Å². The molecule has 0 spiro atoms. The molecule has 0 aliphatic rings. The van der Waals surface area contributed by atoms with E-state index in [4.69, 9.17) is 9.47 Å². The van der Waals surface area contributed by atoms with E-state index in [0.29, 0.717) is 35.5 Å². The monoisotopic (exact) mass is 286 g/mol. The number of aliphatic hydroxyl groups is 2. The van der Waals surface area contributed by atoms with E-state index in [9.17, 15) is 15.0 Å². The molecule has 5 nitrogen and oxygen atoms in total. The van der Waals surface area contributed by atoms with Crippen molar-refractivity contribution in [1.29, 1.82) is 0 Å². The van der Waals surface area contributed by atoms with Gasteiger partial charge in [-0.05, 0) is 29.9 Å². The summed E-state index contributed by atoms with van der Waals surface area (Å²) >= 11 is 4.00. The first-order valence-corrected chi connectivity index (χ1v) is 6.40. The molecule has 0 saturated carbocycles. The van der Waals surface area contributed by atoms with Gasteiger partial charge in [-0.2, -0.15) is 12.6 Å². The SMILES string of the molecule is COc1cc(C=O)c(C(O)C(O)CCS)cc1OC. The molecule has 6 heteroatoms. The topological polar surface area (TPSA) is 76.0 Å². The maximum atomic E-state index is 11.1. The number of benzene rings is 1. The summed E-state index contributed by atoms with van der Waals surface area (Å²) in [6, 6.07) is 2.97. The van der Waals surface area contributed by atoms with Gasteiger partial charge in [-0.15, -0.1) is 0 Å². The molecule has 2 unspecified atom stereocenters. The van der Waals surface area contributed by atoms with Gasteiger partial charge in [0.2, 0.25) is 0 Å². The number of hydrogen-bond acceptors (Lipinski definition) is 6. The van der Waals surface area contributed by atoms with Crippen molar-refractivity contribution in [3.05, 3.63) is 23.3 Å². The average molecular weight is 286 g/mol. The van der Waals surface area contributed by atoms with Crippen LogP contribution in [0.2, 0.25) is 0 Å². The van der Waals surface area contributed by atoms with Crippen LogP contribution < -0.4 is 9.47 Å². The van der Waals surface area contributed by atoms with Gasteiger partial charge in [-0.1, -0.05) is 0 Å². The van der Waals surface area contributed by atoms with E-state index in [1.54, 1.807) is 0 Å². The lowest BCUT2D eigenvalue weighted by atomic mass is 9.97. The van der Waals surface area contributed by atoms with Gasteiger partial charge in [0.05, 0.1) is 20.3 Å². The van der Waals surface area contributed by atoms with Crippen molar-refractivity contribution in [3.63, 3.8) is 0 Å². The van der Waals surface area contributed by atoms with Crippen LogP contribution in [0.25, 0.3) is 0 Å². The molecule has 2 atom stereocenters. The fourth-order valence-electron chi connectivity index (χ4n) is 1.77. The van der Waals surface area contributed by atoms with Gasteiger partial charge in [-0.3, -0.25) is 4.79 Å². The third kappa shape index (κ3) is 3.62. The second kappa shape index (κ2) is 7.37. The molecule has 0 heterocycles. The zero-order chi connectivity index (χ0) is 14.4. The fraction of sp³-hybridized carbons (Fsp3) is 0.462. The standard InChI is InChI=1S/C13H18O5S/c1-17-11-5-8(7-14)9(6-12(11)18-2)13(16)10(15)3-4-19/h5-7,10,13,15-16,19H,3-4H2,1-2H3. The highest BCUT2D eigenvalue weighted by molar-refractivity contribution is 7.80. The predicted octanol–water partition coefficient (Wildman–Crippen LogP) is 1.23. The van der Waals surface area contributed by atoms with Crippen molar-refractivity contribution in [1.82, 2.24) is 0 Å². The van der Waals surface area contributed by atoms with Crippen molar-refractivity contribution in [2.45, 2.75) is 18.6 Å². The number of carbonyl (C=O) groups excluding carboxylic acids is 1. The lowest BCUT2D eigenvalue weighted by Crippen LogP contribution is -2.20. The van der Waals surface area contributed by atoms with Crippen LogP contribution in [-0.2, 0) is 0 Å². The second-order valence-corrected chi connectivity index (χ2v) is 4.43. The smallest absolute Gasteiger partial charge is 0.161 e. The summed E-state index contributed by atoms with van der Waals surface area (Å²) in [5.41, 5.74) is 0.560. The summed E-state index contributed by atoms with van der Waals surface area (Å²) in [6.07, 6.45) is -1.24. The molecule has 0 fully saturated rings. The highest BCUT2D eigenvalue weighted by Crippen LogP contribution is 2.34. The summed E-state index contributed by atoms with van der Waals surface area (Å²) in [5, 5.41) is 19.9. The molecule has 0 aromatic heterocycles. The number of thiol groups is 1.